The number of aliphatic hydroxyl groups excluding tert-OH is 2. The summed E-state index contributed by atoms with van der Waals surface area (Å²) < 4.78 is 0. The normalized spacial score (nSPS) is 9.07. The molecule has 0 spiro atoms. The van der Waals surface area contributed by atoms with E-state index < -0.39 is 0 Å². The number of rotatable bonds is 4. The molecule has 5 nitrogen and oxygen atoms in total. The Kier molecular flexibility index (Phi) is 9.10. The number of nitrogens with zero attached hydrogens (tertiary/aromatic N) is 1. The number of nitrogens with one attached hydrogen (secondary N) is 1. The zero-order valence-corrected chi connectivity index (χ0v) is 9.11. The maximum absolute atomic E-state index is 8.47. The molecule has 0 aromatic carbocycles. The smallest absolute Gasteiger partial charge is 0.131 e. The molecular weight excluding hydrogens is 218 g/mol. The van der Waals surface area contributed by atoms with Crippen LogP contribution in [0.5, 0.6) is 0 Å². The van der Waals surface area contributed by atoms with Gasteiger partial charge in [-0.1, -0.05) is 17.7 Å². The minimum Gasteiger partial charge on any atom is -0.395 e. The van der Waals surface area contributed by atoms with E-state index in [1.165, 1.54) is 0 Å². The average molecular weight is 234 g/mol. The number of halogens is 1. The van der Waals surface area contributed by atoms with Crippen molar-refractivity contribution in [1.82, 2.24) is 4.98 Å². The zero-order chi connectivity index (χ0) is 11.5. The molecule has 1 aromatic rings. The summed E-state index contributed by atoms with van der Waals surface area (Å²) >= 11 is 5.61. The Hall–Kier alpha value is -0.880. The van der Waals surface area contributed by atoms with E-state index >= 15 is 0 Å². The lowest BCUT2D eigenvalue weighted by Gasteiger charge is -2.01. The first-order valence-electron chi connectivity index (χ1n) is 4.52. The summed E-state index contributed by atoms with van der Waals surface area (Å²) in [7, 11) is 0. The molecule has 15 heavy (non-hydrogen) atoms. The first-order valence-corrected chi connectivity index (χ1v) is 4.90. The molecule has 1 rings (SSSR count). The van der Waals surface area contributed by atoms with Crippen molar-refractivity contribution < 1.29 is 10.2 Å². The standard InChI is InChI=1S/C7H9ClN2O.C2H7NO/c8-6-2-1-3-7(10-6)9-4-5-11;3-1-2-4/h1-3,11H,4-5H2,(H,9,10);4H,1-3H2. The van der Waals surface area contributed by atoms with Gasteiger partial charge in [0, 0.05) is 13.1 Å². The fourth-order valence-electron chi connectivity index (χ4n) is 0.691. The van der Waals surface area contributed by atoms with E-state index in [1.54, 1.807) is 18.2 Å². The Labute approximate surface area is 93.9 Å². The number of anilines is 1. The minimum absolute atomic E-state index is 0.0915. The Morgan fingerprint density at radius 3 is 2.47 bits per heavy atom. The summed E-state index contributed by atoms with van der Waals surface area (Å²) in [5.41, 5.74) is 4.78. The molecule has 0 unspecified atom stereocenters. The maximum Gasteiger partial charge on any atom is 0.131 e. The maximum atomic E-state index is 8.47. The monoisotopic (exact) mass is 233 g/mol. The molecule has 0 fully saturated rings. The van der Waals surface area contributed by atoms with Gasteiger partial charge in [0.15, 0.2) is 0 Å². The van der Waals surface area contributed by atoms with Gasteiger partial charge in [0.25, 0.3) is 0 Å². The first-order chi connectivity index (χ1) is 7.24. The van der Waals surface area contributed by atoms with Crippen LogP contribution in [-0.2, 0) is 0 Å². The Bertz CT molecular complexity index is 259. The van der Waals surface area contributed by atoms with E-state index in [1.807, 2.05) is 0 Å². The Balaban J connectivity index is 0.000000423. The highest BCUT2D eigenvalue weighted by Crippen LogP contribution is 2.08. The molecular formula is C9H16ClN3O2. The van der Waals surface area contributed by atoms with Gasteiger partial charge in [0.1, 0.15) is 11.0 Å². The van der Waals surface area contributed by atoms with E-state index in [-0.39, 0.29) is 13.2 Å². The third kappa shape index (κ3) is 8.14. The summed E-state index contributed by atoms with van der Waals surface area (Å²) in [5, 5.41) is 19.6. The van der Waals surface area contributed by atoms with Crippen molar-refractivity contribution in [2.75, 3.05) is 31.6 Å². The minimum atomic E-state index is 0.0915. The van der Waals surface area contributed by atoms with Crippen LogP contribution in [0.4, 0.5) is 5.82 Å². The zero-order valence-electron chi connectivity index (χ0n) is 8.36. The number of aliphatic hydroxyl groups is 2. The second kappa shape index (κ2) is 9.67. The highest BCUT2D eigenvalue weighted by Gasteiger charge is 1.91. The van der Waals surface area contributed by atoms with Gasteiger partial charge >= 0.3 is 0 Å². The van der Waals surface area contributed by atoms with Crippen LogP contribution in [0.3, 0.4) is 0 Å². The van der Waals surface area contributed by atoms with Crippen molar-refractivity contribution in [3.05, 3.63) is 23.4 Å². The molecule has 1 heterocycles. The van der Waals surface area contributed by atoms with Crippen LogP contribution in [-0.4, -0.2) is 41.5 Å². The number of nitrogens with two attached hydrogens (primary N) is 1. The molecule has 1 aromatic heterocycles. The van der Waals surface area contributed by atoms with Gasteiger partial charge in [0.05, 0.1) is 13.2 Å². The van der Waals surface area contributed by atoms with Crippen LogP contribution >= 0.6 is 11.6 Å². The first kappa shape index (κ1) is 14.1. The van der Waals surface area contributed by atoms with Crippen LogP contribution in [0.15, 0.2) is 18.2 Å². The summed E-state index contributed by atoms with van der Waals surface area (Å²) in [5.74, 6) is 0.687. The van der Waals surface area contributed by atoms with Gasteiger partial charge < -0.3 is 21.3 Å². The third-order valence-corrected chi connectivity index (χ3v) is 1.47. The van der Waals surface area contributed by atoms with E-state index in [2.05, 4.69) is 10.3 Å². The summed E-state index contributed by atoms with van der Waals surface area (Å²) in [6, 6.07) is 5.29. The van der Waals surface area contributed by atoms with Crippen LogP contribution < -0.4 is 11.1 Å². The molecule has 0 aliphatic heterocycles. The lowest BCUT2D eigenvalue weighted by Crippen LogP contribution is -2.06. The van der Waals surface area contributed by atoms with E-state index in [0.717, 1.165) is 0 Å². The molecule has 86 valence electrons. The van der Waals surface area contributed by atoms with E-state index in [9.17, 15) is 0 Å². The molecule has 0 atom stereocenters. The van der Waals surface area contributed by atoms with Gasteiger partial charge in [-0.15, -0.1) is 0 Å². The molecule has 5 N–H and O–H groups in total. The van der Waals surface area contributed by atoms with Crippen LogP contribution in [0.2, 0.25) is 5.15 Å². The lowest BCUT2D eigenvalue weighted by molar-refractivity contribution is 0.306. The molecule has 0 saturated heterocycles. The van der Waals surface area contributed by atoms with E-state index in [0.29, 0.717) is 24.1 Å². The van der Waals surface area contributed by atoms with Gasteiger partial charge in [-0.2, -0.15) is 0 Å². The van der Waals surface area contributed by atoms with Crippen molar-refractivity contribution in [3.8, 4) is 0 Å². The van der Waals surface area contributed by atoms with Crippen LogP contribution in [0.25, 0.3) is 0 Å². The molecule has 0 aliphatic carbocycles. The molecule has 0 aliphatic rings. The summed E-state index contributed by atoms with van der Waals surface area (Å²) in [4.78, 5) is 3.95. The largest absolute Gasteiger partial charge is 0.395 e. The molecule has 6 heteroatoms. The Morgan fingerprint density at radius 2 is 2.00 bits per heavy atom. The predicted octanol–water partition coefficient (Wildman–Crippen LogP) is 0.0766. The second-order valence-corrected chi connectivity index (χ2v) is 2.90. The summed E-state index contributed by atoms with van der Waals surface area (Å²) in [6.07, 6.45) is 0. The number of aromatic nitrogens is 1. The number of hydrogen-bond donors (Lipinski definition) is 4. The van der Waals surface area contributed by atoms with Crippen LogP contribution in [0.1, 0.15) is 0 Å². The summed E-state index contributed by atoms with van der Waals surface area (Å²) in [6.45, 7) is 1.06. The molecule has 0 saturated carbocycles. The number of hydrogen-bond acceptors (Lipinski definition) is 5. The van der Waals surface area contributed by atoms with Crippen molar-refractivity contribution in [1.29, 1.82) is 0 Å². The number of pyridine rings is 1. The third-order valence-electron chi connectivity index (χ3n) is 1.26. The van der Waals surface area contributed by atoms with Crippen molar-refractivity contribution in [3.63, 3.8) is 0 Å². The van der Waals surface area contributed by atoms with Crippen molar-refractivity contribution >= 4 is 17.4 Å². The van der Waals surface area contributed by atoms with Gasteiger partial charge in [-0.3, -0.25) is 0 Å². The van der Waals surface area contributed by atoms with Gasteiger partial charge in [-0.25, -0.2) is 4.98 Å². The molecule has 0 bridgehead atoms. The van der Waals surface area contributed by atoms with Gasteiger partial charge in [-0.05, 0) is 12.1 Å². The quantitative estimate of drug-likeness (QED) is 0.553. The van der Waals surface area contributed by atoms with E-state index in [4.69, 9.17) is 27.5 Å². The Morgan fingerprint density at radius 1 is 1.33 bits per heavy atom. The SMILES string of the molecule is NCCO.OCCNc1cccc(Cl)n1. The molecule has 0 radical (unpaired) electrons. The molecule has 0 amide bonds. The topological polar surface area (TPSA) is 91.4 Å². The van der Waals surface area contributed by atoms with Crippen molar-refractivity contribution in [2.24, 2.45) is 5.73 Å². The highest BCUT2D eigenvalue weighted by molar-refractivity contribution is 6.29. The average Bonchev–Trinajstić information content (AvgIpc) is 2.27. The highest BCUT2D eigenvalue weighted by atomic mass is 35.5. The fourth-order valence-corrected chi connectivity index (χ4v) is 0.854. The van der Waals surface area contributed by atoms with Crippen molar-refractivity contribution in [2.45, 2.75) is 0 Å². The van der Waals surface area contributed by atoms with Gasteiger partial charge in [0.2, 0.25) is 0 Å². The fraction of sp³-hybridized carbons (Fsp3) is 0.444. The predicted molar refractivity (Wildman–Crippen MR) is 61.0 cm³/mol. The van der Waals surface area contributed by atoms with Crippen LogP contribution in [0, 0.1) is 0 Å². The lowest BCUT2D eigenvalue weighted by atomic mass is 10.4. The second-order valence-electron chi connectivity index (χ2n) is 2.51.